The number of halogens is 3. The predicted octanol–water partition coefficient (Wildman–Crippen LogP) is 3.33. The first-order valence-corrected chi connectivity index (χ1v) is 9.73. The first kappa shape index (κ1) is 19.9. The molecule has 29 heavy (non-hydrogen) atoms. The molecule has 154 valence electrons. The molecule has 7 nitrogen and oxygen atoms in total. The van der Waals surface area contributed by atoms with Gasteiger partial charge >= 0.3 is 0 Å². The maximum atomic E-state index is 13.0. The van der Waals surface area contributed by atoms with E-state index in [1.54, 1.807) is 12.1 Å². The fourth-order valence-corrected chi connectivity index (χ4v) is 3.76. The van der Waals surface area contributed by atoms with Crippen molar-refractivity contribution in [3.63, 3.8) is 0 Å². The Morgan fingerprint density at radius 2 is 2.00 bits per heavy atom. The monoisotopic (exact) mass is 422 g/mol. The molecule has 2 aliphatic rings. The summed E-state index contributed by atoms with van der Waals surface area (Å²) in [5.74, 6) is 0.883. The van der Waals surface area contributed by atoms with Gasteiger partial charge in [-0.05, 0) is 23.7 Å². The second kappa shape index (κ2) is 8.56. The van der Waals surface area contributed by atoms with E-state index >= 15 is 0 Å². The van der Waals surface area contributed by atoms with E-state index in [0.29, 0.717) is 28.9 Å². The average Bonchev–Trinajstić information content (AvgIpc) is 2.68. The van der Waals surface area contributed by atoms with Crippen molar-refractivity contribution < 1.29 is 13.5 Å². The summed E-state index contributed by atoms with van der Waals surface area (Å²) in [7, 11) is 0. The van der Waals surface area contributed by atoms with E-state index in [9.17, 15) is 8.78 Å². The van der Waals surface area contributed by atoms with Gasteiger partial charge in [0.2, 0.25) is 5.28 Å². The van der Waals surface area contributed by atoms with Gasteiger partial charge in [-0.3, -0.25) is 4.90 Å². The summed E-state index contributed by atoms with van der Waals surface area (Å²) >= 11 is 6.13. The van der Waals surface area contributed by atoms with Crippen LogP contribution in [0.25, 0.3) is 0 Å². The predicted molar refractivity (Wildman–Crippen MR) is 108 cm³/mol. The summed E-state index contributed by atoms with van der Waals surface area (Å²) in [5, 5.41) is 10.9. The van der Waals surface area contributed by atoms with Crippen LogP contribution in [-0.4, -0.2) is 66.5 Å². The zero-order chi connectivity index (χ0) is 20.4. The van der Waals surface area contributed by atoms with Crippen molar-refractivity contribution in [1.82, 2.24) is 14.9 Å². The van der Waals surface area contributed by atoms with Crippen LogP contribution < -0.4 is 10.2 Å². The molecule has 2 N–H and O–H groups in total. The largest absolute Gasteiger partial charge is 0.379 e. The Morgan fingerprint density at radius 1 is 1.24 bits per heavy atom. The van der Waals surface area contributed by atoms with E-state index in [1.165, 1.54) is 12.1 Å². The summed E-state index contributed by atoms with van der Waals surface area (Å²) in [5.41, 5.74) is 0.821. The normalized spacial score (nSPS) is 18.0. The molecule has 2 fully saturated rings. The Labute approximate surface area is 172 Å². The highest BCUT2D eigenvalue weighted by atomic mass is 35.5. The molecule has 10 heteroatoms. The zero-order valence-corrected chi connectivity index (χ0v) is 16.4. The minimum atomic E-state index is -2.57. The third-order valence-electron chi connectivity index (χ3n) is 5.17. The second-order valence-electron chi connectivity index (χ2n) is 6.98. The number of nitrogens with one attached hydrogen (secondary N) is 2. The van der Waals surface area contributed by atoms with Gasteiger partial charge in [-0.2, -0.15) is 9.97 Å². The van der Waals surface area contributed by atoms with Crippen molar-refractivity contribution in [2.45, 2.75) is 12.5 Å². The molecule has 0 amide bonds. The standard InChI is InChI=1S/C19H21ClF2N6O/c20-19-25-17(24-13-3-1-2-12(8-13)16(21)22)15(9-23)18(26-19)28-10-14(11-28)27-4-6-29-7-5-27/h1-3,8-9,14,16,23H,4-7,10-11H2,(H,24,25,26). The Kier molecular flexibility index (Phi) is 5.89. The molecule has 4 rings (SSSR count). The van der Waals surface area contributed by atoms with Crippen LogP contribution in [0.3, 0.4) is 0 Å². The highest BCUT2D eigenvalue weighted by molar-refractivity contribution is 6.28. The maximum absolute atomic E-state index is 13.0. The number of hydrogen-bond acceptors (Lipinski definition) is 7. The summed E-state index contributed by atoms with van der Waals surface area (Å²) in [4.78, 5) is 12.9. The quantitative estimate of drug-likeness (QED) is 0.549. The summed E-state index contributed by atoms with van der Waals surface area (Å²) < 4.78 is 31.4. The lowest BCUT2D eigenvalue weighted by atomic mass is 10.1. The van der Waals surface area contributed by atoms with Crippen LogP contribution in [0.15, 0.2) is 24.3 Å². The molecule has 0 saturated carbocycles. The van der Waals surface area contributed by atoms with Crippen molar-refractivity contribution in [3.05, 3.63) is 40.7 Å². The third-order valence-corrected chi connectivity index (χ3v) is 5.34. The number of ether oxygens (including phenoxy) is 1. The Morgan fingerprint density at radius 3 is 2.69 bits per heavy atom. The first-order chi connectivity index (χ1) is 14.0. The minimum absolute atomic E-state index is 0.0351. The number of anilines is 3. The molecule has 1 aromatic heterocycles. The molecule has 0 bridgehead atoms. The summed E-state index contributed by atoms with van der Waals surface area (Å²) in [6.07, 6.45) is -1.41. The van der Waals surface area contributed by atoms with Crippen molar-refractivity contribution in [2.75, 3.05) is 49.6 Å². The fraction of sp³-hybridized carbons (Fsp3) is 0.421. The SMILES string of the molecule is N=Cc1c(Nc2cccc(C(F)F)c2)nc(Cl)nc1N1CC(N2CCOCC2)C1. The van der Waals surface area contributed by atoms with E-state index in [1.807, 2.05) is 0 Å². The molecular weight excluding hydrogens is 402 g/mol. The van der Waals surface area contributed by atoms with Crippen LogP contribution in [0.4, 0.5) is 26.1 Å². The Bertz CT molecular complexity index is 887. The highest BCUT2D eigenvalue weighted by Crippen LogP contribution is 2.32. The van der Waals surface area contributed by atoms with E-state index < -0.39 is 6.43 Å². The fourth-order valence-electron chi connectivity index (χ4n) is 3.59. The van der Waals surface area contributed by atoms with E-state index in [-0.39, 0.29) is 10.8 Å². The van der Waals surface area contributed by atoms with Crippen LogP contribution in [-0.2, 0) is 4.74 Å². The van der Waals surface area contributed by atoms with Crippen molar-refractivity contribution in [3.8, 4) is 0 Å². The van der Waals surface area contributed by atoms with Crippen LogP contribution in [0.5, 0.6) is 0 Å². The lowest BCUT2D eigenvalue weighted by Gasteiger charge is -2.47. The van der Waals surface area contributed by atoms with Gasteiger partial charge in [0.25, 0.3) is 6.43 Å². The smallest absolute Gasteiger partial charge is 0.263 e. The van der Waals surface area contributed by atoms with Crippen molar-refractivity contribution >= 4 is 35.1 Å². The van der Waals surface area contributed by atoms with Crippen LogP contribution in [0.1, 0.15) is 17.6 Å². The van der Waals surface area contributed by atoms with Gasteiger partial charge in [0.05, 0.1) is 18.8 Å². The van der Waals surface area contributed by atoms with Gasteiger partial charge in [-0.25, -0.2) is 8.78 Å². The van der Waals surface area contributed by atoms with Gasteiger partial charge in [0.1, 0.15) is 11.6 Å². The molecule has 2 aromatic rings. The van der Waals surface area contributed by atoms with Gasteiger partial charge in [0.15, 0.2) is 0 Å². The number of benzene rings is 1. The first-order valence-electron chi connectivity index (χ1n) is 9.35. The number of morpholine rings is 1. The minimum Gasteiger partial charge on any atom is -0.379 e. The molecular formula is C19H21ClF2N6O. The summed E-state index contributed by atoms with van der Waals surface area (Å²) in [6.45, 7) is 4.85. The number of hydrogen-bond donors (Lipinski definition) is 2. The lowest BCUT2D eigenvalue weighted by molar-refractivity contribution is 0.0104. The zero-order valence-electron chi connectivity index (χ0n) is 15.6. The van der Waals surface area contributed by atoms with Gasteiger partial charge in [-0.1, -0.05) is 12.1 Å². The lowest BCUT2D eigenvalue weighted by Crippen LogP contribution is -2.62. The molecule has 2 saturated heterocycles. The number of alkyl halides is 2. The maximum Gasteiger partial charge on any atom is 0.263 e. The Hall–Kier alpha value is -2.36. The van der Waals surface area contributed by atoms with E-state index in [4.69, 9.17) is 21.7 Å². The average molecular weight is 423 g/mol. The van der Waals surface area contributed by atoms with E-state index in [0.717, 1.165) is 45.6 Å². The second-order valence-corrected chi connectivity index (χ2v) is 7.32. The van der Waals surface area contributed by atoms with E-state index in [2.05, 4.69) is 25.1 Å². The molecule has 0 atom stereocenters. The Balaban J connectivity index is 1.54. The third kappa shape index (κ3) is 4.31. The number of aromatic nitrogens is 2. The number of nitrogens with zero attached hydrogens (tertiary/aromatic N) is 4. The van der Waals surface area contributed by atoms with Crippen LogP contribution in [0.2, 0.25) is 5.28 Å². The molecule has 0 radical (unpaired) electrons. The molecule has 0 spiro atoms. The van der Waals surface area contributed by atoms with Gasteiger partial charge in [-0.15, -0.1) is 0 Å². The molecule has 3 heterocycles. The molecule has 1 aromatic carbocycles. The highest BCUT2D eigenvalue weighted by Gasteiger charge is 2.35. The van der Waals surface area contributed by atoms with Gasteiger partial charge in [0, 0.05) is 49.7 Å². The topological polar surface area (TPSA) is 77.4 Å². The molecule has 0 aliphatic carbocycles. The molecule has 2 aliphatic heterocycles. The van der Waals surface area contributed by atoms with Crippen molar-refractivity contribution in [1.29, 1.82) is 5.41 Å². The molecule has 0 unspecified atom stereocenters. The van der Waals surface area contributed by atoms with Gasteiger partial charge < -0.3 is 20.4 Å². The van der Waals surface area contributed by atoms with Crippen LogP contribution in [0, 0.1) is 5.41 Å². The number of rotatable bonds is 6. The van der Waals surface area contributed by atoms with Crippen LogP contribution >= 0.6 is 11.6 Å². The van der Waals surface area contributed by atoms with Crippen molar-refractivity contribution in [2.24, 2.45) is 0 Å². The summed E-state index contributed by atoms with van der Waals surface area (Å²) in [6, 6.07) is 6.32.